The molecule has 0 amide bonds. The van der Waals surface area contributed by atoms with E-state index in [2.05, 4.69) is 0 Å². The zero-order valence-electron chi connectivity index (χ0n) is 10.1. The molecule has 0 aliphatic carbocycles. The van der Waals surface area contributed by atoms with Crippen molar-refractivity contribution in [3.63, 3.8) is 0 Å². The molecule has 19 heavy (non-hydrogen) atoms. The first kappa shape index (κ1) is 14.3. The van der Waals surface area contributed by atoms with Crippen LogP contribution in [0.25, 0.3) is 0 Å². The predicted molar refractivity (Wildman–Crippen MR) is 65.0 cm³/mol. The normalized spacial score (nSPS) is 21.5. The lowest BCUT2D eigenvalue weighted by Gasteiger charge is -2.32. The van der Waals surface area contributed by atoms with Gasteiger partial charge in [0.15, 0.2) is 0 Å². The van der Waals surface area contributed by atoms with Crippen LogP contribution in [0.4, 0.5) is 13.2 Å². The molecule has 2 heterocycles. The number of hydrogen-bond donors (Lipinski definition) is 1. The number of carboxylic acid groups (broad SMARTS) is 1. The first-order chi connectivity index (χ1) is 8.89. The molecule has 1 fully saturated rings. The Labute approximate surface area is 112 Å². The molecule has 1 N–H and O–H groups in total. The number of alkyl halides is 3. The molecule has 2 rings (SSSR count). The van der Waals surface area contributed by atoms with Crippen molar-refractivity contribution in [2.75, 3.05) is 6.54 Å². The Morgan fingerprint density at radius 2 is 2.16 bits per heavy atom. The van der Waals surface area contributed by atoms with Gasteiger partial charge in [-0.1, -0.05) is 6.42 Å². The van der Waals surface area contributed by atoms with Gasteiger partial charge in [0.1, 0.15) is 6.04 Å². The summed E-state index contributed by atoms with van der Waals surface area (Å²) in [6.07, 6.45) is -2.23. The highest BCUT2D eigenvalue weighted by Gasteiger charge is 2.36. The Morgan fingerprint density at radius 1 is 1.42 bits per heavy atom. The van der Waals surface area contributed by atoms with Gasteiger partial charge in [-0.15, -0.1) is 0 Å². The van der Waals surface area contributed by atoms with Gasteiger partial charge in [0.05, 0.1) is 5.56 Å². The summed E-state index contributed by atoms with van der Waals surface area (Å²) in [4.78, 5) is 12.7. The van der Waals surface area contributed by atoms with Crippen LogP contribution < -0.4 is 0 Å². The van der Waals surface area contributed by atoms with Crippen LogP contribution in [0.2, 0.25) is 0 Å². The van der Waals surface area contributed by atoms with Crippen molar-refractivity contribution >= 4 is 17.3 Å². The largest absolute Gasteiger partial charge is 0.480 e. The fourth-order valence-corrected chi connectivity index (χ4v) is 3.23. The zero-order valence-corrected chi connectivity index (χ0v) is 10.9. The number of hydrogen-bond acceptors (Lipinski definition) is 3. The Kier molecular flexibility index (Phi) is 4.15. The second kappa shape index (κ2) is 5.50. The molecule has 7 heteroatoms. The maximum Gasteiger partial charge on any atom is 0.417 e. The van der Waals surface area contributed by atoms with Crippen LogP contribution in [0, 0.1) is 0 Å². The van der Waals surface area contributed by atoms with Crippen molar-refractivity contribution in [3.05, 3.63) is 21.9 Å². The minimum absolute atomic E-state index is 0.0509. The summed E-state index contributed by atoms with van der Waals surface area (Å²) in [6, 6.07) is -0.672. The molecular weight excluding hydrogens is 279 g/mol. The van der Waals surface area contributed by atoms with Gasteiger partial charge in [0.2, 0.25) is 0 Å². The summed E-state index contributed by atoms with van der Waals surface area (Å²) < 4.78 is 38.3. The van der Waals surface area contributed by atoms with Crippen molar-refractivity contribution in [3.8, 4) is 0 Å². The molecule has 1 atom stereocenters. The van der Waals surface area contributed by atoms with Crippen molar-refractivity contribution in [2.45, 2.75) is 38.0 Å². The molecule has 1 aromatic rings. The van der Waals surface area contributed by atoms with Gasteiger partial charge < -0.3 is 5.11 Å². The van der Waals surface area contributed by atoms with E-state index in [9.17, 15) is 18.0 Å². The number of likely N-dealkylation sites (tertiary alicyclic amines) is 1. The van der Waals surface area contributed by atoms with Crippen LogP contribution in [0.3, 0.4) is 0 Å². The predicted octanol–water partition coefficient (Wildman–Crippen LogP) is 3.21. The van der Waals surface area contributed by atoms with E-state index >= 15 is 0 Å². The van der Waals surface area contributed by atoms with Gasteiger partial charge in [-0.25, -0.2) is 0 Å². The highest BCUT2D eigenvalue weighted by atomic mass is 32.1. The van der Waals surface area contributed by atoms with Crippen LogP contribution in [-0.4, -0.2) is 28.6 Å². The van der Waals surface area contributed by atoms with E-state index in [0.29, 0.717) is 13.0 Å². The second-order valence-corrected chi connectivity index (χ2v) is 5.37. The Balaban J connectivity index is 2.16. The Hall–Kier alpha value is -1.08. The van der Waals surface area contributed by atoms with E-state index in [-0.39, 0.29) is 12.1 Å². The summed E-state index contributed by atoms with van der Waals surface area (Å²) in [6.45, 7) is 0.583. The fraction of sp³-hybridized carbons (Fsp3) is 0.583. The highest BCUT2D eigenvalue weighted by Crippen LogP contribution is 2.35. The molecule has 0 bridgehead atoms. The molecule has 0 spiro atoms. The maximum absolute atomic E-state index is 12.8. The molecule has 1 unspecified atom stereocenters. The quantitative estimate of drug-likeness (QED) is 0.930. The molecule has 3 nitrogen and oxygen atoms in total. The Bertz CT molecular complexity index is 458. The van der Waals surface area contributed by atoms with Gasteiger partial charge in [0.25, 0.3) is 0 Å². The Morgan fingerprint density at radius 3 is 2.79 bits per heavy atom. The van der Waals surface area contributed by atoms with E-state index in [4.69, 9.17) is 5.11 Å². The van der Waals surface area contributed by atoms with Crippen molar-refractivity contribution in [1.29, 1.82) is 0 Å². The van der Waals surface area contributed by atoms with E-state index in [1.165, 1.54) is 5.38 Å². The van der Waals surface area contributed by atoms with Gasteiger partial charge in [-0.2, -0.15) is 24.5 Å². The molecular formula is C12H14F3NO2S. The number of aliphatic carboxylic acids is 1. The van der Waals surface area contributed by atoms with Crippen molar-refractivity contribution < 1.29 is 23.1 Å². The van der Waals surface area contributed by atoms with Crippen LogP contribution in [0.15, 0.2) is 10.8 Å². The van der Waals surface area contributed by atoms with Crippen LogP contribution in [0.1, 0.15) is 30.4 Å². The average molecular weight is 293 g/mol. The molecule has 106 valence electrons. The van der Waals surface area contributed by atoms with E-state index in [0.717, 1.165) is 29.6 Å². The van der Waals surface area contributed by atoms with Gasteiger partial charge in [-0.3, -0.25) is 9.69 Å². The lowest BCUT2D eigenvalue weighted by Crippen LogP contribution is -2.44. The summed E-state index contributed by atoms with van der Waals surface area (Å²) in [7, 11) is 0. The number of thiophene rings is 1. The SMILES string of the molecule is O=C(O)C1CCCCN1Cc1cscc1C(F)(F)F. The van der Waals surface area contributed by atoms with Gasteiger partial charge in [-0.05, 0) is 30.3 Å². The van der Waals surface area contributed by atoms with Gasteiger partial charge in [0, 0.05) is 11.9 Å². The summed E-state index contributed by atoms with van der Waals surface area (Å²) in [5.74, 6) is -0.955. The lowest BCUT2D eigenvalue weighted by atomic mass is 10.0. The molecule has 1 aromatic heterocycles. The first-order valence-corrected chi connectivity index (χ1v) is 6.93. The number of carboxylic acids is 1. The lowest BCUT2D eigenvalue weighted by molar-refractivity contribution is -0.145. The number of piperidine rings is 1. The third-order valence-corrected chi connectivity index (χ3v) is 4.11. The number of halogens is 3. The molecule has 0 saturated carbocycles. The standard InChI is InChI=1S/C12H14F3NO2S/c13-12(14,15)9-7-19-6-8(9)5-16-4-2-1-3-10(16)11(17)18/h6-7,10H,1-5H2,(H,17,18). The number of nitrogens with zero attached hydrogens (tertiary/aromatic N) is 1. The second-order valence-electron chi connectivity index (χ2n) is 4.63. The van der Waals surface area contributed by atoms with Crippen molar-refractivity contribution in [1.82, 2.24) is 4.90 Å². The fourth-order valence-electron chi connectivity index (χ4n) is 2.37. The molecule has 1 aliphatic rings. The first-order valence-electron chi connectivity index (χ1n) is 5.98. The zero-order chi connectivity index (χ0) is 14.0. The minimum atomic E-state index is -4.37. The summed E-state index contributed by atoms with van der Waals surface area (Å²) in [5, 5.41) is 11.6. The van der Waals surface area contributed by atoms with E-state index in [1.807, 2.05) is 0 Å². The maximum atomic E-state index is 12.8. The number of carbonyl (C=O) groups is 1. The van der Waals surface area contributed by atoms with Crippen LogP contribution in [0.5, 0.6) is 0 Å². The van der Waals surface area contributed by atoms with Gasteiger partial charge >= 0.3 is 12.1 Å². The summed E-state index contributed by atoms with van der Waals surface area (Å²) >= 11 is 0.997. The topological polar surface area (TPSA) is 40.5 Å². The van der Waals surface area contributed by atoms with Crippen LogP contribution >= 0.6 is 11.3 Å². The molecule has 1 saturated heterocycles. The van der Waals surface area contributed by atoms with Crippen molar-refractivity contribution in [2.24, 2.45) is 0 Å². The highest BCUT2D eigenvalue weighted by molar-refractivity contribution is 7.08. The molecule has 1 aliphatic heterocycles. The monoisotopic (exact) mass is 293 g/mol. The minimum Gasteiger partial charge on any atom is -0.480 e. The third-order valence-electron chi connectivity index (χ3n) is 3.32. The van der Waals surface area contributed by atoms with Crippen LogP contribution in [-0.2, 0) is 17.5 Å². The van der Waals surface area contributed by atoms with E-state index < -0.39 is 23.8 Å². The summed E-state index contributed by atoms with van der Waals surface area (Å²) in [5.41, 5.74) is -0.474. The smallest absolute Gasteiger partial charge is 0.417 e. The molecule has 0 aromatic carbocycles. The average Bonchev–Trinajstić information content (AvgIpc) is 2.77. The van der Waals surface area contributed by atoms with E-state index in [1.54, 1.807) is 4.90 Å². The molecule has 0 radical (unpaired) electrons. The number of rotatable bonds is 3. The third kappa shape index (κ3) is 3.27.